The zero-order valence-corrected chi connectivity index (χ0v) is 18.9. The Morgan fingerprint density at radius 1 is 1.00 bits per heavy atom. The van der Waals surface area contributed by atoms with E-state index in [1.54, 1.807) is 29.1 Å². The maximum absolute atomic E-state index is 13.9. The predicted octanol–water partition coefficient (Wildman–Crippen LogP) is 4.14. The standard InChI is InChI=1S/C26H21ClN4O3/c27-20-11-5-4-10-18(20)14-30-15-19(24(29-30)17-8-2-1-3-9-17)26(33)31-16-23(25(28)32)34-22-13-7-6-12-21(22)31/h1-13,15,23H,14,16H2,(H2,28,32)/t23-/m1/s1. The van der Waals surface area contributed by atoms with Gasteiger partial charge in [0.15, 0.2) is 6.10 Å². The molecular formula is C26H21ClN4O3. The molecule has 4 aromatic rings. The summed E-state index contributed by atoms with van der Waals surface area (Å²) in [6.45, 7) is 0.408. The van der Waals surface area contributed by atoms with Gasteiger partial charge in [0.2, 0.25) is 0 Å². The minimum atomic E-state index is -0.947. The molecule has 0 spiro atoms. The molecule has 170 valence electrons. The quantitative estimate of drug-likeness (QED) is 0.472. The first-order valence-electron chi connectivity index (χ1n) is 10.7. The highest BCUT2D eigenvalue weighted by molar-refractivity contribution is 6.31. The van der Waals surface area contributed by atoms with Crippen LogP contribution in [-0.4, -0.2) is 34.2 Å². The number of hydrogen-bond acceptors (Lipinski definition) is 4. The lowest BCUT2D eigenvalue weighted by molar-refractivity contribution is -0.124. The number of benzene rings is 3. The molecule has 5 rings (SSSR count). The number of hydrogen-bond donors (Lipinski definition) is 1. The van der Waals surface area contributed by atoms with E-state index >= 15 is 0 Å². The molecule has 0 fully saturated rings. The first-order valence-corrected chi connectivity index (χ1v) is 11.1. The first kappa shape index (κ1) is 21.7. The van der Waals surface area contributed by atoms with E-state index in [-0.39, 0.29) is 12.5 Å². The Kier molecular flexibility index (Phi) is 5.77. The molecule has 1 aliphatic heterocycles. The van der Waals surface area contributed by atoms with Crippen LogP contribution in [0.5, 0.6) is 5.75 Å². The van der Waals surface area contributed by atoms with E-state index in [2.05, 4.69) is 0 Å². The normalized spacial score (nSPS) is 14.9. The van der Waals surface area contributed by atoms with Crippen LogP contribution in [0.2, 0.25) is 5.02 Å². The second kappa shape index (κ2) is 9.03. The van der Waals surface area contributed by atoms with Gasteiger partial charge in [-0.3, -0.25) is 14.3 Å². The summed E-state index contributed by atoms with van der Waals surface area (Å²) in [4.78, 5) is 27.3. The van der Waals surface area contributed by atoms with E-state index in [1.165, 1.54) is 4.90 Å². The van der Waals surface area contributed by atoms with Crippen LogP contribution in [0.1, 0.15) is 15.9 Å². The van der Waals surface area contributed by atoms with Gasteiger partial charge in [-0.1, -0.05) is 72.3 Å². The highest BCUT2D eigenvalue weighted by Gasteiger charge is 2.34. The lowest BCUT2D eigenvalue weighted by atomic mass is 10.1. The SMILES string of the molecule is NC(=O)[C@H]1CN(C(=O)c2cn(Cc3ccccc3Cl)nc2-c2ccccc2)c2ccccc2O1. The minimum absolute atomic E-state index is 0.00903. The molecule has 1 aliphatic rings. The number of aromatic nitrogens is 2. The number of para-hydroxylation sites is 2. The van der Waals surface area contributed by atoms with Crippen LogP contribution in [0.4, 0.5) is 5.69 Å². The zero-order chi connectivity index (χ0) is 23.7. The van der Waals surface area contributed by atoms with Gasteiger partial charge in [0.1, 0.15) is 11.4 Å². The number of primary amides is 1. The summed E-state index contributed by atoms with van der Waals surface area (Å²) < 4.78 is 7.42. The van der Waals surface area contributed by atoms with E-state index in [0.29, 0.717) is 34.3 Å². The lowest BCUT2D eigenvalue weighted by Crippen LogP contribution is -2.49. The van der Waals surface area contributed by atoms with Crippen LogP contribution >= 0.6 is 11.6 Å². The van der Waals surface area contributed by atoms with Crippen LogP contribution in [0.25, 0.3) is 11.3 Å². The number of fused-ring (bicyclic) bond motifs is 1. The summed E-state index contributed by atoms with van der Waals surface area (Å²) in [7, 11) is 0. The molecule has 0 aliphatic carbocycles. The molecule has 0 radical (unpaired) electrons. The van der Waals surface area contributed by atoms with Gasteiger partial charge >= 0.3 is 0 Å². The highest BCUT2D eigenvalue weighted by Crippen LogP contribution is 2.35. The molecule has 0 saturated heterocycles. The second-order valence-corrected chi connectivity index (χ2v) is 8.35. The maximum atomic E-state index is 13.9. The molecule has 1 atom stereocenters. The van der Waals surface area contributed by atoms with Gasteiger partial charge in [0, 0.05) is 16.8 Å². The second-order valence-electron chi connectivity index (χ2n) is 7.94. The van der Waals surface area contributed by atoms with Gasteiger partial charge in [-0.15, -0.1) is 0 Å². The van der Waals surface area contributed by atoms with Crippen molar-refractivity contribution >= 4 is 29.1 Å². The van der Waals surface area contributed by atoms with Crippen molar-refractivity contribution in [1.29, 1.82) is 0 Å². The third kappa shape index (κ3) is 4.13. The van der Waals surface area contributed by atoms with Crippen molar-refractivity contribution in [2.75, 3.05) is 11.4 Å². The lowest BCUT2D eigenvalue weighted by Gasteiger charge is -2.33. The molecule has 1 aromatic heterocycles. The minimum Gasteiger partial charge on any atom is -0.477 e. The summed E-state index contributed by atoms with van der Waals surface area (Å²) in [6.07, 6.45) is 0.767. The number of rotatable bonds is 5. The maximum Gasteiger partial charge on any atom is 0.262 e. The van der Waals surface area contributed by atoms with Crippen molar-refractivity contribution in [3.8, 4) is 17.0 Å². The molecule has 8 heteroatoms. The van der Waals surface area contributed by atoms with Gasteiger partial charge in [-0.05, 0) is 23.8 Å². The van der Waals surface area contributed by atoms with E-state index in [4.69, 9.17) is 27.2 Å². The van der Waals surface area contributed by atoms with Gasteiger partial charge in [-0.25, -0.2) is 0 Å². The van der Waals surface area contributed by atoms with Gasteiger partial charge in [-0.2, -0.15) is 5.10 Å². The molecule has 2 N–H and O–H groups in total. The number of carbonyl (C=O) groups excluding carboxylic acids is 2. The third-order valence-corrected chi connectivity index (χ3v) is 6.03. The number of anilines is 1. The monoisotopic (exact) mass is 472 g/mol. The van der Waals surface area contributed by atoms with Crippen molar-refractivity contribution in [2.45, 2.75) is 12.6 Å². The number of carbonyl (C=O) groups is 2. The van der Waals surface area contributed by atoms with E-state index in [1.807, 2.05) is 60.7 Å². The topological polar surface area (TPSA) is 90.5 Å². The Hall–Kier alpha value is -4.10. The number of ether oxygens (including phenoxy) is 1. The Morgan fingerprint density at radius 2 is 1.71 bits per heavy atom. The highest BCUT2D eigenvalue weighted by atomic mass is 35.5. The molecule has 0 unspecified atom stereocenters. The van der Waals surface area contributed by atoms with Gasteiger partial charge < -0.3 is 15.4 Å². The smallest absolute Gasteiger partial charge is 0.262 e. The molecule has 7 nitrogen and oxygen atoms in total. The van der Waals surface area contributed by atoms with Crippen LogP contribution in [0.15, 0.2) is 85.1 Å². The Labute approximate surface area is 201 Å². The predicted molar refractivity (Wildman–Crippen MR) is 130 cm³/mol. The summed E-state index contributed by atoms with van der Waals surface area (Å²) in [5.41, 5.74) is 8.72. The molecular weight excluding hydrogens is 452 g/mol. The van der Waals surface area contributed by atoms with Crippen molar-refractivity contribution in [3.63, 3.8) is 0 Å². The van der Waals surface area contributed by atoms with Crippen LogP contribution in [0.3, 0.4) is 0 Å². The number of halogens is 1. The number of nitrogens with two attached hydrogens (primary N) is 1. The fraction of sp³-hybridized carbons (Fsp3) is 0.115. The summed E-state index contributed by atoms with van der Waals surface area (Å²) in [6, 6.07) is 24.1. The van der Waals surface area contributed by atoms with E-state index in [9.17, 15) is 9.59 Å². The van der Waals surface area contributed by atoms with Gasteiger partial charge in [0.05, 0.1) is 24.3 Å². The van der Waals surface area contributed by atoms with Crippen LogP contribution < -0.4 is 15.4 Å². The zero-order valence-electron chi connectivity index (χ0n) is 18.1. The average Bonchev–Trinajstić information content (AvgIpc) is 3.28. The fourth-order valence-electron chi connectivity index (χ4n) is 3.99. The Balaban J connectivity index is 1.58. The molecule has 3 aromatic carbocycles. The van der Waals surface area contributed by atoms with Crippen LogP contribution in [-0.2, 0) is 11.3 Å². The Morgan fingerprint density at radius 3 is 2.47 bits per heavy atom. The van der Waals surface area contributed by atoms with Crippen molar-refractivity contribution in [1.82, 2.24) is 9.78 Å². The van der Waals surface area contributed by atoms with E-state index in [0.717, 1.165) is 11.1 Å². The van der Waals surface area contributed by atoms with E-state index < -0.39 is 12.0 Å². The molecule has 0 saturated carbocycles. The van der Waals surface area contributed by atoms with Crippen LogP contribution in [0, 0.1) is 0 Å². The van der Waals surface area contributed by atoms with Gasteiger partial charge in [0.25, 0.3) is 11.8 Å². The fourth-order valence-corrected chi connectivity index (χ4v) is 4.19. The average molecular weight is 473 g/mol. The summed E-state index contributed by atoms with van der Waals surface area (Å²) >= 11 is 6.35. The summed E-state index contributed by atoms with van der Waals surface area (Å²) in [5, 5.41) is 5.35. The van der Waals surface area contributed by atoms with Crippen molar-refractivity contribution in [3.05, 3.63) is 101 Å². The van der Waals surface area contributed by atoms with Crippen molar-refractivity contribution in [2.24, 2.45) is 5.73 Å². The largest absolute Gasteiger partial charge is 0.477 e. The summed E-state index contributed by atoms with van der Waals surface area (Å²) in [5.74, 6) is -0.508. The molecule has 0 bridgehead atoms. The van der Waals surface area contributed by atoms with Crippen molar-refractivity contribution < 1.29 is 14.3 Å². The molecule has 2 amide bonds. The third-order valence-electron chi connectivity index (χ3n) is 5.67. The molecule has 2 heterocycles. The Bertz CT molecular complexity index is 1370. The first-order chi connectivity index (χ1) is 16.5. The number of amides is 2. The molecule has 34 heavy (non-hydrogen) atoms. The number of nitrogens with zero attached hydrogens (tertiary/aromatic N) is 3.